The van der Waals surface area contributed by atoms with Crippen molar-refractivity contribution in [3.8, 4) is 0 Å². The summed E-state index contributed by atoms with van der Waals surface area (Å²) in [5.41, 5.74) is 0.606. The first kappa shape index (κ1) is 10.7. The molecule has 0 aliphatic carbocycles. The Kier molecular flexibility index (Phi) is 3.22. The van der Waals surface area contributed by atoms with Crippen LogP contribution in [0.1, 0.15) is 25.6 Å². The van der Waals surface area contributed by atoms with Crippen LogP contribution in [0.25, 0.3) is 0 Å². The van der Waals surface area contributed by atoms with E-state index in [0.29, 0.717) is 5.69 Å². The van der Waals surface area contributed by atoms with Crippen LogP contribution in [0.2, 0.25) is 0 Å². The second-order valence-corrected chi connectivity index (χ2v) is 3.40. The van der Waals surface area contributed by atoms with E-state index in [1.165, 1.54) is 6.20 Å². The molecule has 0 bridgehead atoms. The van der Waals surface area contributed by atoms with E-state index in [2.05, 4.69) is 4.98 Å². The fraction of sp³-hybridized carbons (Fsp3) is 0.556. The highest BCUT2D eigenvalue weighted by Crippen LogP contribution is 2.12. The van der Waals surface area contributed by atoms with Crippen LogP contribution in [0, 0.1) is 0 Å². The summed E-state index contributed by atoms with van der Waals surface area (Å²) in [7, 11) is 0. The van der Waals surface area contributed by atoms with E-state index < -0.39 is 12.1 Å². The average molecular weight is 200 g/mol. The first-order chi connectivity index (χ1) is 6.52. The molecule has 0 aromatic carbocycles. The molecule has 0 fully saturated rings. The maximum atomic E-state index is 12.9. The number of rotatable bonds is 4. The summed E-state index contributed by atoms with van der Waals surface area (Å²) >= 11 is 0. The lowest BCUT2D eigenvalue weighted by molar-refractivity contribution is -0.142. The molecule has 0 aliphatic rings. The number of hydrogen-bond donors (Lipinski definition) is 1. The molecule has 1 atom stereocenters. The lowest BCUT2D eigenvalue weighted by Crippen LogP contribution is -2.19. The van der Waals surface area contributed by atoms with Gasteiger partial charge in [-0.1, -0.05) is 0 Å². The minimum atomic E-state index is -1.86. The molecule has 4 nitrogen and oxygen atoms in total. The minimum absolute atomic E-state index is 0.131. The zero-order valence-corrected chi connectivity index (χ0v) is 8.14. The zero-order valence-electron chi connectivity index (χ0n) is 8.14. The van der Waals surface area contributed by atoms with Gasteiger partial charge in [0.2, 0.25) is 6.17 Å². The normalized spacial score (nSPS) is 13.1. The van der Waals surface area contributed by atoms with Crippen molar-refractivity contribution in [1.29, 1.82) is 0 Å². The number of halogens is 1. The van der Waals surface area contributed by atoms with Crippen molar-refractivity contribution in [2.75, 3.05) is 0 Å². The molecular weight excluding hydrogens is 187 g/mol. The number of carbonyl (C=O) groups is 1. The van der Waals surface area contributed by atoms with Crippen LogP contribution < -0.4 is 0 Å². The van der Waals surface area contributed by atoms with E-state index in [-0.39, 0.29) is 12.5 Å². The minimum Gasteiger partial charge on any atom is -0.479 e. The van der Waals surface area contributed by atoms with Gasteiger partial charge in [0.1, 0.15) is 0 Å². The summed E-state index contributed by atoms with van der Waals surface area (Å²) in [5.74, 6) is -1.43. The van der Waals surface area contributed by atoms with Crippen LogP contribution in [-0.2, 0) is 11.2 Å². The Bertz CT molecular complexity index is 322. The Morgan fingerprint density at radius 2 is 2.36 bits per heavy atom. The number of imidazole rings is 1. The highest BCUT2D eigenvalue weighted by atomic mass is 19.1. The van der Waals surface area contributed by atoms with E-state index in [1.807, 2.05) is 13.8 Å². The fourth-order valence-corrected chi connectivity index (χ4v) is 1.23. The van der Waals surface area contributed by atoms with Crippen LogP contribution in [0.4, 0.5) is 4.39 Å². The predicted molar refractivity (Wildman–Crippen MR) is 48.8 cm³/mol. The molecule has 1 unspecified atom stereocenters. The molecule has 78 valence electrons. The summed E-state index contributed by atoms with van der Waals surface area (Å²) in [6.45, 7) is 3.86. The second-order valence-electron chi connectivity index (χ2n) is 3.40. The maximum Gasteiger partial charge on any atom is 0.338 e. The molecule has 14 heavy (non-hydrogen) atoms. The van der Waals surface area contributed by atoms with Gasteiger partial charge in [0.05, 0.1) is 6.33 Å². The lowest BCUT2D eigenvalue weighted by Gasteiger charge is -2.11. The topological polar surface area (TPSA) is 55.1 Å². The molecule has 0 saturated carbocycles. The molecule has 5 heteroatoms. The summed E-state index contributed by atoms with van der Waals surface area (Å²) in [4.78, 5) is 14.2. The van der Waals surface area contributed by atoms with Gasteiger partial charge in [0.15, 0.2) is 0 Å². The van der Waals surface area contributed by atoms with Crippen molar-refractivity contribution in [1.82, 2.24) is 9.55 Å². The third-order valence-electron chi connectivity index (χ3n) is 1.96. The smallest absolute Gasteiger partial charge is 0.338 e. The van der Waals surface area contributed by atoms with Crippen molar-refractivity contribution in [2.24, 2.45) is 0 Å². The molecule has 1 aromatic heterocycles. The van der Waals surface area contributed by atoms with E-state index in [9.17, 15) is 9.18 Å². The molecule has 0 spiro atoms. The van der Waals surface area contributed by atoms with Crippen molar-refractivity contribution in [3.05, 3.63) is 18.2 Å². The molecule has 0 amide bonds. The number of nitrogens with zero attached hydrogens (tertiary/aromatic N) is 2. The Balaban J connectivity index is 2.76. The highest BCUT2D eigenvalue weighted by molar-refractivity contribution is 5.72. The van der Waals surface area contributed by atoms with Crippen LogP contribution in [0.15, 0.2) is 12.5 Å². The Hall–Kier alpha value is -1.39. The second kappa shape index (κ2) is 4.21. The molecule has 0 aliphatic heterocycles. The molecular formula is C9H13FN2O2. The maximum absolute atomic E-state index is 12.9. The third-order valence-corrected chi connectivity index (χ3v) is 1.96. The predicted octanol–water partition coefficient (Wildman–Crippen LogP) is 1.43. The molecule has 1 aromatic rings. The monoisotopic (exact) mass is 200 g/mol. The summed E-state index contributed by atoms with van der Waals surface area (Å²) in [6.07, 6.45) is 1.08. The lowest BCUT2D eigenvalue weighted by atomic mass is 10.2. The summed E-state index contributed by atoms with van der Waals surface area (Å²) in [5, 5.41) is 8.41. The van der Waals surface area contributed by atoms with Crippen molar-refractivity contribution in [2.45, 2.75) is 32.5 Å². The number of carboxylic acid groups (broad SMARTS) is 1. The van der Waals surface area contributed by atoms with E-state index in [1.54, 1.807) is 10.9 Å². The van der Waals surface area contributed by atoms with Gasteiger partial charge in [-0.05, 0) is 13.8 Å². The van der Waals surface area contributed by atoms with Gasteiger partial charge in [-0.25, -0.2) is 14.2 Å². The van der Waals surface area contributed by atoms with Crippen molar-refractivity contribution >= 4 is 5.97 Å². The Morgan fingerprint density at radius 1 is 1.71 bits per heavy atom. The highest BCUT2D eigenvalue weighted by Gasteiger charge is 2.18. The van der Waals surface area contributed by atoms with Gasteiger partial charge in [-0.2, -0.15) is 0 Å². The Morgan fingerprint density at radius 3 is 2.86 bits per heavy atom. The number of carboxylic acids is 1. The Labute approximate surface area is 81.4 Å². The van der Waals surface area contributed by atoms with E-state index in [0.717, 1.165) is 0 Å². The standard InChI is InChI=1S/C9H13FN2O2/c1-6(2)12-5-11-4-7(12)3-8(10)9(13)14/h4-6,8H,3H2,1-2H3,(H,13,14). The molecule has 0 saturated heterocycles. The third kappa shape index (κ3) is 2.31. The van der Waals surface area contributed by atoms with Crippen LogP contribution in [-0.4, -0.2) is 26.8 Å². The number of aromatic nitrogens is 2. The van der Waals surface area contributed by atoms with Crippen molar-refractivity contribution < 1.29 is 14.3 Å². The van der Waals surface area contributed by atoms with Gasteiger partial charge in [0, 0.05) is 24.4 Å². The first-order valence-corrected chi connectivity index (χ1v) is 4.40. The SMILES string of the molecule is CC(C)n1cncc1CC(F)C(=O)O. The number of alkyl halides is 1. The summed E-state index contributed by atoms with van der Waals surface area (Å²) in [6, 6.07) is 0.161. The van der Waals surface area contributed by atoms with E-state index in [4.69, 9.17) is 5.11 Å². The quantitative estimate of drug-likeness (QED) is 0.799. The average Bonchev–Trinajstić information content (AvgIpc) is 2.52. The van der Waals surface area contributed by atoms with Crippen LogP contribution in [0.5, 0.6) is 0 Å². The van der Waals surface area contributed by atoms with Crippen LogP contribution in [0.3, 0.4) is 0 Å². The van der Waals surface area contributed by atoms with E-state index >= 15 is 0 Å². The molecule has 1 rings (SSSR count). The molecule has 1 N–H and O–H groups in total. The van der Waals surface area contributed by atoms with Gasteiger partial charge in [-0.3, -0.25) is 0 Å². The van der Waals surface area contributed by atoms with Gasteiger partial charge in [-0.15, -0.1) is 0 Å². The largest absolute Gasteiger partial charge is 0.479 e. The fourth-order valence-electron chi connectivity index (χ4n) is 1.23. The zero-order chi connectivity index (χ0) is 10.7. The van der Waals surface area contributed by atoms with Crippen LogP contribution >= 0.6 is 0 Å². The molecule has 0 radical (unpaired) electrons. The first-order valence-electron chi connectivity index (χ1n) is 4.40. The van der Waals surface area contributed by atoms with Gasteiger partial charge < -0.3 is 9.67 Å². The van der Waals surface area contributed by atoms with Gasteiger partial charge in [0.25, 0.3) is 0 Å². The number of aliphatic carboxylic acids is 1. The van der Waals surface area contributed by atoms with Crippen molar-refractivity contribution in [3.63, 3.8) is 0 Å². The van der Waals surface area contributed by atoms with Gasteiger partial charge >= 0.3 is 5.97 Å². The number of hydrogen-bond acceptors (Lipinski definition) is 2. The summed E-state index contributed by atoms with van der Waals surface area (Å²) < 4.78 is 14.7. The molecule has 1 heterocycles.